The average molecular weight is 412 g/mol. The van der Waals surface area contributed by atoms with Crippen LogP contribution in [0.4, 0.5) is 5.82 Å². The van der Waals surface area contributed by atoms with Crippen LogP contribution in [-0.2, 0) is 0 Å². The molecule has 7 nitrogen and oxygen atoms in total. The van der Waals surface area contributed by atoms with Crippen molar-refractivity contribution >= 4 is 34.2 Å². The number of carbonyl (C=O) groups excluding carboxylic acids is 1. The van der Waals surface area contributed by atoms with Gasteiger partial charge in [-0.05, 0) is 48.9 Å². The van der Waals surface area contributed by atoms with Gasteiger partial charge in [0.2, 0.25) is 0 Å². The molecular formula is C21H22ClN5O2. The monoisotopic (exact) mass is 411 g/mol. The summed E-state index contributed by atoms with van der Waals surface area (Å²) in [5.74, 6) is 1.33. The summed E-state index contributed by atoms with van der Waals surface area (Å²) >= 11 is 6.06. The number of aliphatic hydroxyl groups excluding tert-OH is 1. The first-order valence-electron chi connectivity index (χ1n) is 9.85. The maximum absolute atomic E-state index is 13.1. The molecule has 2 aromatic heterocycles. The van der Waals surface area contributed by atoms with Crippen LogP contribution in [0.25, 0.3) is 10.9 Å². The molecule has 3 aromatic rings. The molecule has 0 unspecified atom stereocenters. The van der Waals surface area contributed by atoms with Gasteiger partial charge in [-0.1, -0.05) is 11.6 Å². The number of amides is 1. The number of aliphatic hydroxyl groups is 1. The van der Waals surface area contributed by atoms with Crippen LogP contribution in [0.3, 0.4) is 0 Å². The number of anilines is 1. The zero-order chi connectivity index (χ0) is 20.0. The highest BCUT2D eigenvalue weighted by molar-refractivity contribution is 6.31. The summed E-state index contributed by atoms with van der Waals surface area (Å²) in [6.45, 7) is 1.37. The van der Waals surface area contributed by atoms with Gasteiger partial charge in [-0.2, -0.15) is 0 Å². The Morgan fingerprint density at radius 2 is 2.03 bits per heavy atom. The normalized spacial score (nSPS) is 26.5. The van der Waals surface area contributed by atoms with Gasteiger partial charge in [-0.3, -0.25) is 9.78 Å². The minimum absolute atomic E-state index is 0.000326. The lowest BCUT2D eigenvalue weighted by molar-refractivity contribution is 0.0726. The van der Waals surface area contributed by atoms with E-state index in [0.717, 1.165) is 17.3 Å². The van der Waals surface area contributed by atoms with E-state index in [1.165, 1.54) is 0 Å². The van der Waals surface area contributed by atoms with E-state index in [2.05, 4.69) is 20.3 Å². The number of carbonyl (C=O) groups is 1. The molecule has 29 heavy (non-hydrogen) atoms. The predicted molar refractivity (Wildman–Crippen MR) is 111 cm³/mol. The second-order valence-electron chi connectivity index (χ2n) is 8.03. The predicted octanol–water partition coefficient (Wildman–Crippen LogP) is 2.93. The van der Waals surface area contributed by atoms with Crippen LogP contribution in [-0.4, -0.2) is 56.1 Å². The van der Waals surface area contributed by atoms with Crippen LogP contribution in [0.15, 0.2) is 42.9 Å². The number of nitrogens with one attached hydrogen (secondary N) is 2. The number of aromatic nitrogens is 3. The topological polar surface area (TPSA) is 94.1 Å². The van der Waals surface area contributed by atoms with Gasteiger partial charge in [0.15, 0.2) is 0 Å². The molecule has 1 saturated heterocycles. The molecule has 4 atom stereocenters. The Balaban J connectivity index is 1.29. The van der Waals surface area contributed by atoms with Crippen molar-refractivity contribution in [3.63, 3.8) is 0 Å². The van der Waals surface area contributed by atoms with Gasteiger partial charge in [0.25, 0.3) is 5.91 Å². The van der Waals surface area contributed by atoms with Crippen molar-refractivity contribution in [2.24, 2.45) is 11.8 Å². The largest absolute Gasteiger partial charge is 0.391 e. The number of rotatable bonds is 3. The number of hydrogen-bond donors (Lipinski definition) is 3. The molecule has 1 aliphatic carbocycles. The summed E-state index contributed by atoms with van der Waals surface area (Å²) in [6.07, 6.45) is 5.92. The molecule has 0 spiro atoms. The molecule has 0 bridgehead atoms. The third-order valence-corrected chi connectivity index (χ3v) is 6.37. The summed E-state index contributed by atoms with van der Waals surface area (Å²) in [6, 6.07) is 7.33. The highest BCUT2D eigenvalue weighted by atomic mass is 35.5. The van der Waals surface area contributed by atoms with E-state index in [1.54, 1.807) is 18.6 Å². The van der Waals surface area contributed by atoms with Crippen molar-refractivity contribution < 1.29 is 9.90 Å². The summed E-state index contributed by atoms with van der Waals surface area (Å²) in [5, 5.41) is 15.5. The number of likely N-dealkylation sites (tertiary alicyclic amines) is 1. The van der Waals surface area contributed by atoms with Crippen molar-refractivity contribution in [2.75, 3.05) is 18.4 Å². The highest BCUT2D eigenvalue weighted by Crippen LogP contribution is 2.38. The van der Waals surface area contributed by atoms with Gasteiger partial charge < -0.3 is 20.3 Å². The first-order chi connectivity index (χ1) is 14.1. The van der Waals surface area contributed by atoms with Crippen molar-refractivity contribution in [3.05, 3.63) is 53.6 Å². The van der Waals surface area contributed by atoms with E-state index < -0.39 is 6.10 Å². The molecule has 5 rings (SSSR count). The molecule has 2 fully saturated rings. The van der Waals surface area contributed by atoms with E-state index in [1.807, 2.05) is 29.2 Å². The zero-order valence-corrected chi connectivity index (χ0v) is 16.5. The number of aromatic amines is 1. The lowest BCUT2D eigenvalue weighted by Crippen LogP contribution is -2.43. The lowest BCUT2D eigenvalue weighted by Gasteiger charge is -2.35. The molecular weight excluding hydrogens is 390 g/mol. The Morgan fingerprint density at radius 3 is 2.83 bits per heavy atom. The first-order valence-corrected chi connectivity index (χ1v) is 10.2. The molecule has 1 aromatic carbocycles. The molecule has 2 aliphatic rings. The van der Waals surface area contributed by atoms with E-state index in [0.29, 0.717) is 47.9 Å². The van der Waals surface area contributed by atoms with Crippen LogP contribution in [0.5, 0.6) is 0 Å². The Labute approximate surface area is 173 Å². The fraction of sp³-hybridized carbons (Fsp3) is 0.381. The maximum Gasteiger partial charge on any atom is 0.270 e. The Hall–Kier alpha value is -2.64. The molecule has 3 N–H and O–H groups in total. The smallest absolute Gasteiger partial charge is 0.270 e. The molecule has 1 amide bonds. The van der Waals surface area contributed by atoms with Gasteiger partial charge in [0, 0.05) is 41.4 Å². The lowest BCUT2D eigenvalue weighted by atomic mass is 9.77. The van der Waals surface area contributed by atoms with Crippen LogP contribution in [0.1, 0.15) is 23.3 Å². The number of halogens is 1. The average Bonchev–Trinajstić information content (AvgIpc) is 3.32. The minimum atomic E-state index is -0.469. The van der Waals surface area contributed by atoms with Gasteiger partial charge in [-0.15, -0.1) is 0 Å². The molecule has 0 radical (unpaired) electrons. The second-order valence-corrected chi connectivity index (χ2v) is 8.46. The fourth-order valence-corrected chi connectivity index (χ4v) is 4.88. The van der Waals surface area contributed by atoms with Crippen molar-refractivity contribution in [1.82, 2.24) is 19.9 Å². The Kier molecular flexibility index (Phi) is 4.64. The number of benzene rings is 1. The Bertz CT molecular complexity index is 1040. The van der Waals surface area contributed by atoms with Gasteiger partial charge in [-0.25, -0.2) is 4.98 Å². The minimum Gasteiger partial charge on any atom is -0.391 e. The van der Waals surface area contributed by atoms with E-state index >= 15 is 0 Å². The van der Waals surface area contributed by atoms with E-state index in [4.69, 9.17) is 11.6 Å². The van der Waals surface area contributed by atoms with Crippen LogP contribution in [0, 0.1) is 11.8 Å². The van der Waals surface area contributed by atoms with Crippen molar-refractivity contribution in [1.29, 1.82) is 0 Å². The Morgan fingerprint density at radius 1 is 1.21 bits per heavy atom. The van der Waals surface area contributed by atoms with Gasteiger partial charge in [0.1, 0.15) is 11.5 Å². The summed E-state index contributed by atoms with van der Waals surface area (Å²) < 4.78 is 0. The SMILES string of the molecule is O=C(c1cc2cc(Cl)ccc2[nH]1)N1C[C@H]2C[C@@H](Nc3cnccn3)[C@H](O)C[C@H]2C1. The third-order valence-electron chi connectivity index (χ3n) is 6.14. The molecule has 8 heteroatoms. The molecule has 150 valence electrons. The van der Waals surface area contributed by atoms with Crippen LogP contribution >= 0.6 is 11.6 Å². The summed E-state index contributed by atoms with van der Waals surface area (Å²) in [7, 11) is 0. The van der Waals surface area contributed by atoms with E-state index in [9.17, 15) is 9.90 Å². The quantitative estimate of drug-likeness (QED) is 0.616. The number of fused-ring (bicyclic) bond motifs is 2. The molecule has 1 saturated carbocycles. The number of H-pyrrole nitrogens is 1. The second kappa shape index (κ2) is 7.31. The van der Waals surface area contributed by atoms with Crippen LogP contribution < -0.4 is 5.32 Å². The van der Waals surface area contributed by atoms with Crippen molar-refractivity contribution in [2.45, 2.75) is 25.0 Å². The number of nitrogens with zero attached hydrogens (tertiary/aromatic N) is 3. The molecule has 3 heterocycles. The van der Waals surface area contributed by atoms with Gasteiger partial charge >= 0.3 is 0 Å². The highest BCUT2D eigenvalue weighted by Gasteiger charge is 2.43. The molecule has 1 aliphatic heterocycles. The fourth-order valence-electron chi connectivity index (χ4n) is 4.70. The van der Waals surface area contributed by atoms with E-state index in [-0.39, 0.29) is 11.9 Å². The van der Waals surface area contributed by atoms with Crippen LogP contribution in [0.2, 0.25) is 5.02 Å². The number of hydrogen-bond acceptors (Lipinski definition) is 5. The maximum atomic E-state index is 13.1. The van der Waals surface area contributed by atoms with Crippen molar-refractivity contribution in [3.8, 4) is 0 Å². The zero-order valence-electron chi connectivity index (χ0n) is 15.8. The summed E-state index contributed by atoms with van der Waals surface area (Å²) in [4.78, 5) is 26.5. The summed E-state index contributed by atoms with van der Waals surface area (Å²) in [5.41, 5.74) is 1.48. The van der Waals surface area contributed by atoms with Gasteiger partial charge in [0.05, 0.1) is 18.3 Å². The standard InChI is InChI=1S/C21H22ClN5O2/c22-15-1-2-16-12(5-15)6-18(25-16)21(29)27-10-13-7-17(19(28)8-14(13)11-27)26-20-9-23-3-4-24-20/h1-6,9,13-14,17,19,25,28H,7-8,10-11H2,(H,24,26)/t13-,14+,17-,19-/m1/s1. The first kappa shape index (κ1) is 18.4. The third kappa shape index (κ3) is 3.56.